The van der Waals surface area contributed by atoms with E-state index < -0.39 is 0 Å². The lowest BCUT2D eigenvalue weighted by molar-refractivity contribution is 0.325. The van der Waals surface area contributed by atoms with Gasteiger partial charge in [-0.2, -0.15) is 0 Å². The van der Waals surface area contributed by atoms with Gasteiger partial charge in [-0.1, -0.05) is 52.0 Å². The van der Waals surface area contributed by atoms with Crippen LogP contribution >= 0.6 is 0 Å². The third kappa shape index (κ3) is 2.36. The Hall–Kier alpha value is -0.820. The number of aryl methyl sites for hydroxylation is 1. The van der Waals surface area contributed by atoms with Crippen LogP contribution in [-0.4, -0.2) is 0 Å². The zero-order chi connectivity index (χ0) is 10.8. The molecule has 1 aromatic carbocycles. The molecule has 1 aromatic rings. The normalized spacial score (nSPS) is 14.1. The average Bonchev–Trinajstić information content (AvgIpc) is 2.15. The molecule has 0 saturated heterocycles. The van der Waals surface area contributed by atoms with Crippen LogP contribution in [0.2, 0.25) is 0 Å². The Balaban J connectivity index is 3.06. The first-order valence-electron chi connectivity index (χ1n) is 5.30. The van der Waals surface area contributed by atoms with E-state index in [4.69, 9.17) is 5.73 Å². The van der Waals surface area contributed by atoms with Crippen molar-refractivity contribution in [3.8, 4) is 0 Å². The maximum absolute atomic E-state index is 6.25. The second-order valence-electron chi connectivity index (χ2n) is 4.90. The molecule has 0 aliphatic rings. The molecule has 1 nitrogen and oxygen atoms in total. The zero-order valence-electron chi connectivity index (χ0n) is 9.67. The molecular formula is C13H21N. The predicted molar refractivity (Wildman–Crippen MR) is 62.2 cm³/mol. The Morgan fingerprint density at radius 2 is 1.79 bits per heavy atom. The third-order valence-electron chi connectivity index (χ3n) is 2.70. The summed E-state index contributed by atoms with van der Waals surface area (Å²) >= 11 is 0. The summed E-state index contributed by atoms with van der Waals surface area (Å²) in [5.41, 5.74) is 9.04. The highest BCUT2D eigenvalue weighted by molar-refractivity contribution is 5.30. The van der Waals surface area contributed by atoms with Gasteiger partial charge in [0, 0.05) is 6.04 Å². The summed E-state index contributed by atoms with van der Waals surface area (Å²) in [7, 11) is 0. The fourth-order valence-electron chi connectivity index (χ4n) is 1.63. The molecule has 0 aromatic heterocycles. The van der Waals surface area contributed by atoms with Crippen LogP contribution in [0.3, 0.4) is 0 Å². The van der Waals surface area contributed by atoms with Crippen molar-refractivity contribution in [1.82, 2.24) is 0 Å². The number of hydrogen-bond acceptors (Lipinski definition) is 1. The van der Waals surface area contributed by atoms with E-state index in [1.54, 1.807) is 0 Å². The van der Waals surface area contributed by atoms with Crippen LogP contribution in [0.15, 0.2) is 24.3 Å². The summed E-state index contributed by atoms with van der Waals surface area (Å²) < 4.78 is 0. The van der Waals surface area contributed by atoms with Gasteiger partial charge in [-0.3, -0.25) is 0 Å². The minimum absolute atomic E-state index is 0.124. The molecule has 0 saturated carbocycles. The molecule has 2 N–H and O–H groups in total. The zero-order valence-corrected chi connectivity index (χ0v) is 9.67. The fourth-order valence-corrected chi connectivity index (χ4v) is 1.63. The standard InChI is InChI=1S/C13H21N/c1-5-10-8-6-7-9-11(10)12(14)13(2,3)4/h6-9,12H,5,14H2,1-4H3. The van der Waals surface area contributed by atoms with Crippen LogP contribution in [0.5, 0.6) is 0 Å². The Morgan fingerprint density at radius 1 is 1.21 bits per heavy atom. The molecule has 1 atom stereocenters. The molecule has 1 unspecified atom stereocenters. The van der Waals surface area contributed by atoms with Gasteiger partial charge in [-0.05, 0) is 23.0 Å². The summed E-state index contributed by atoms with van der Waals surface area (Å²) in [6.07, 6.45) is 1.06. The highest BCUT2D eigenvalue weighted by atomic mass is 14.7. The van der Waals surface area contributed by atoms with Crippen LogP contribution in [0.4, 0.5) is 0 Å². The van der Waals surface area contributed by atoms with Crippen molar-refractivity contribution in [2.24, 2.45) is 11.1 Å². The molecule has 1 rings (SSSR count). The molecule has 0 aliphatic carbocycles. The van der Waals surface area contributed by atoms with E-state index in [-0.39, 0.29) is 11.5 Å². The first kappa shape index (κ1) is 11.3. The van der Waals surface area contributed by atoms with Gasteiger partial charge in [0.05, 0.1) is 0 Å². The smallest absolute Gasteiger partial charge is 0.0346 e. The van der Waals surface area contributed by atoms with Gasteiger partial charge in [-0.15, -0.1) is 0 Å². The summed E-state index contributed by atoms with van der Waals surface area (Å²) in [5.74, 6) is 0. The van der Waals surface area contributed by atoms with Crippen LogP contribution in [0.1, 0.15) is 44.9 Å². The molecule has 1 heteroatoms. The minimum atomic E-state index is 0.124. The van der Waals surface area contributed by atoms with Crippen molar-refractivity contribution in [1.29, 1.82) is 0 Å². The van der Waals surface area contributed by atoms with Gasteiger partial charge < -0.3 is 5.73 Å². The number of benzene rings is 1. The predicted octanol–water partition coefficient (Wildman–Crippen LogP) is 3.29. The van der Waals surface area contributed by atoms with Crippen LogP contribution in [-0.2, 0) is 6.42 Å². The molecule has 0 aliphatic heterocycles. The van der Waals surface area contributed by atoms with E-state index in [1.165, 1.54) is 11.1 Å². The molecule has 14 heavy (non-hydrogen) atoms. The molecule has 78 valence electrons. The lowest BCUT2D eigenvalue weighted by Gasteiger charge is -2.29. The third-order valence-corrected chi connectivity index (χ3v) is 2.70. The van der Waals surface area contributed by atoms with Crippen molar-refractivity contribution in [2.45, 2.75) is 40.2 Å². The molecule has 0 radical (unpaired) electrons. The highest BCUT2D eigenvalue weighted by Crippen LogP contribution is 2.32. The second-order valence-corrected chi connectivity index (χ2v) is 4.90. The Morgan fingerprint density at radius 3 is 2.29 bits per heavy atom. The van der Waals surface area contributed by atoms with E-state index in [0.717, 1.165) is 6.42 Å². The van der Waals surface area contributed by atoms with Gasteiger partial charge in [0.25, 0.3) is 0 Å². The molecule has 0 fully saturated rings. The minimum Gasteiger partial charge on any atom is -0.324 e. The number of hydrogen-bond donors (Lipinski definition) is 1. The van der Waals surface area contributed by atoms with Crippen molar-refractivity contribution in [2.75, 3.05) is 0 Å². The lowest BCUT2D eigenvalue weighted by Crippen LogP contribution is -2.27. The Kier molecular flexibility index (Phi) is 3.33. The van der Waals surface area contributed by atoms with Gasteiger partial charge in [-0.25, -0.2) is 0 Å². The molecule has 0 amide bonds. The molecule has 0 heterocycles. The number of rotatable bonds is 2. The molecule has 0 bridgehead atoms. The fraction of sp³-hybridized carbons (Fsp3) is 0.538. The summed E-state index contributed by atoms with van der Waals surface area (Å²) in [5, 5.41) is 0. The first-order chi connectivity index (χ1) is 6.46. The topological polar surface area (TPSA) is 26.0 Å². The van der Waals surface area contributed by atoms with Crippen LogP contribution < -0.4 is 5.73 Å². The van der Waals surface area contributed by atoms with Crippen molar-refractivity contribution in [3.63, 3.8) is 0 Å². The van der Waals surface area contributed by atoms with Gasteiger partial charge in [0.1, 0.15) is 0 Å². The maximum Gasteiger partial charge on any atom is 0.0346 e. The average molecular weight is 191 g/mol. The van der Waals surface area contributed by atoms with E-state index >= 15 is 0 Å². The Labute approximate surface area is 87.3 Å². The van der Waals surface area contributed by atoms with Crippen LogP contribution in [0, 0.1) is 5.41 Å². The van der Waals surface area contributed by atoms with Gasteiger partial charge in [0.15, 0.2) is 0 Å². The quantitative estimate of drug-likeness (QED) is 0.762. The maximum atomic E-state index is 6.25. The largest absolute Gasteiger partial charge is 0.324 e. The Bertz CT molecular complexity index is 296. The van der Waals surface area contributed by atoms with Crippen molar-refractivity contribution < 1.29 is 0 Å². The van der Waals surface area contributed by atoms with Gasteiger partial charge in [0.2, 0.25) is 0 Å². The second kappa shape index (κ2) is 4.14. The van der Waals surface area contributed by atoms with Crippen molar-refractivity contribution in [3.05, 3.63) is 35.4 Å². The van der Waals surface area contributed by atoms with E-state index in [2.05, 4.69) is 52.0 Å². The number of nitrogens with two attached hydrogens (primary N) is 1. The summed E-state index contributed by atoms with van der Waals surface area (Å²) in [6, 6.07) is 8.59. The van der Waals surface area contributed by atoms with E-state index in [1.807, 2.05) is 0 Å². The van der Waals surface area contributed by atoms with E-state index in [0.29, 0.717) is 0 Å². The summed E-state index contributed by atoms with van der Waals surface area (Å²) in [6.45, 7) is 8.73. The summed E-state index contributed by atoms with van der Waals surface area (Å²) in [4.78, 5) is 0. The molecule has 0 spiro atoms. The monoisotopic (exact) mass is 191 g/mol. The lowest BCUT2D eigenvalue weighted by atomic mass is 9.81. The molecular weight excluding hydrogens is 170 g/mol. The van der Waals surface area contributed by atoms with Gasteiger partial charge >= 0.3 is 0 Å². The van der Waals surface area contributed by atoms with E-state index in [9.17, 15) is 0 Å². The highest BCUT2D eigenvalue weighted by Gasteiger charge is 2.23. The SMILES string of the molecule is CCc1ccccc1C(N)C(C)(C)C. The van der Waals surface area contributed by atoms with Crippen LogP contribution in [0.25, 0.3) is 0 Å². The first-order valence-corrected chi connectivity index (χ1v) is 5.30. The van der Waals surface area contributed by atoms with Crippen molar-refractivity contribution >= 4 is 0 Å².